The number of rotatable bonds is 7. The van der Waals surface area contributed by atoms with E-state index >= 15 is 0 Å². The van der Waals surface area contributed by atoms with Crippen LogP contribution in [0.4, 0.5) is 0 Å². The van der Waals surface area contributed by atoms with Gasteiger partial charge in [-0.15, -0.1) is 5.73 Å². The molecule has 0 saturated carbocycles. The molecular weight excluding hydrogens is 288 g/mol. The van der Waals surface area contributed by atoms with Crippen molar-refractivity contribution in [2.75, 3.05) is 20.8 Å². The summed E-state index contributed by atoms with van der Waals surface area (Å²) in [6.45, 7) is 3.61. The number of benzene rings is 2. The highest BCUT2D eigenvalue weighted by Crippen LogP contribution is 2.37. The minimum absolute atomic E-state index is 0.0240. The van der Waals surface area contributed by atoms with Crippen LogP contribution >= 0.6 is 0 Å². The Labute approximate surface area is 137 Å². The molecule has 0 aliphatic rings. The van der Waals surface area contributed by atoms with Crippen molar-refractivity contribution in [2.24, 2.45) is 0 Å². The zero-order chi connectivity index (χ0) is 16.7. The number of methoxy groups -OCH3 is 2. The normalized spacial score (nSPS) is 10.7. The maximum Gasteiger partial charge on any atom is 0.118 e. The molecule has 0 aliphatic heterocycles. The Kier molecular flexibility index (Phi) is 5.64. The first kappa shape index (κ1) is 16.9. The fourth-order valence-electron chi connectivity index (χ4n) is 2.72. The van der Waals surface area contributed by atoms with Crippen LogP contribution in [0.5, 0.6) is 11.5 Å². The molecule has 0 heterocycles. The SMILES string of the molecule is C=C=CCC(CO)(c1ccc(OC)cc1)c1ccc(OC)cc1. The number of aliphatic hydroxyl groups excluding tert-OH is 1. The van der Waals surface area contributed by atoms with Gasteiger partial charge in [0.25, 0.3) is 0 Å². The maximum atomic E-state index is 10.2. The van der Waals surface area contributed by atoms with Crippen molar-refractivity contribution >= 4 is 0 Å². The summed E-state index contributed by atoms with van der Waals surface area (Å²) in [5.74, 6) is 1.57. The van der Waals surface area contributed by atoms with E-state index in [1.807, 2.05) is 54.6 Å². The largest absolute Gasteiger partial charge is 0.497 e. The molecule has 0 unspecified atom stereocenters. The molecule has 2 aromatic rings. The van der Waals surface area contributed by atoms with Crippen molar-refractivity contribution < 1.29 is 14.6 Å². The van der Waals surface area contributed by atoms with Crippen molar-refractivity contribution in [2.45, 2.75) is 11.8 Å². The van der Waals surface area contributed by atoms with E-state index in [9.17, 15) is 5.11 Å². The Balaban J connectivity index is 2.54. The van der Waals surface area contributed by atoms with E-state index in [4.69, 9.17) is 9.47 Å². The zero-order valence-electron chi connectivity index (χ0n) is 13.6. The summed E-state index contributed by atoms with van der Waals surface area (Å²) in [5.41, 5.74) is 4.28. The van der Waals surface area contributed by atoms with Gasteiger partial charge >= 0.3 is 0 Å². The zero-order valence-corrected chi connectivity index (χ0v) is 13.6. The van der Waals surface area contributed by atoms with Gasteiger partial charge in [-0.3, -0.25) is 0 Å². The summed E-state index contributed by atoms with van der Waals surface area (Å²) in [6.07, 6.45) is 2.45. The van der Waals surface area contributed by atoms with Gasteiger partial charge in [0.1, 0.15) is 11.5 Å². The quantitative estimate of drug-likeness (QED) is 0.792. The summed E-state index contributed by atoms with van der Waals surface area (Å²) in [7, 11) is 3.27. The van der Waals surface area contributed by atoms with Gasteiger partial charge in [0.15, 0.2) is 0 Å². The number of allylic oxidation sites excluding steroid dienone is 1. The average molecular weight is 310 g/mol. The highest BCUT2D eigenvalue weighted by Gasteiger charge is 2.32. The summed E-state index contributed by atoms with van der Waals surface area (Å²) in [6, 6.07) is 15.5. The Morgan fingerprint density at radius 3 is 1.70 bits per heavy atom. The van der Waals surface area contributed by atoms with E-state index in [0.29, 0.717) is 6.42 Å². The van der Waals surface area contributed by atoms with Gasteiger partial charge in [0, 0.05) is 5.41 Å². The predicted molar refractivity (Wildman–Crippen MR) is 92.2 cm³/mol. The topological polar surface area (TPSA) is 38.7 Å². The Hall–Kier alpha value is -2.48. The van der Waals surface area contributed by atoms with Gasteiger partial charge in [0.05, 0.1) is 20.8 Å². The molecule has 0 aromatic heterocycles. The van der Waals surface area contributed by atoms with E-state index < -0.39 is 5.41 Å². The maximum absolute atomic E-state index is 10.2. The van der Waals surface area contributed by atoms with E-state index in [-0.39, 0.29) is 6.61 Å². The lowest BCUT2D eigenvalue weighted by Crippen LogP contribution is -2.31. The molecule has 23 heavy (non-hydrogen) atoms. The summed E-state index contributed by atoms with van der Waals surface area (Å²) >= 11 is 0. The third kappa shape index (κ3) is 3.48. The summed E-state index contributed by atoms with van der Waals surface area (Å²) in [5, 5.41) is 10.2. The van der Waals surface area contributed by atoms with Crippen molar-refractivity contribution in [3.8, 4) is 11.5 Å². The van der Waals surface area contributed by atoms with E-state index in [2.05, 4.69) is 12.3 Å². The molecule has 2 aromatic carbocycles. The number of hydrogen-bond donors (Lipinski definition) is 1. The average Bonchev–Trinajstić information content (AvgIpc) is 2.63. The minimum Gasteiger partial charge on any atom is -0.497 e. The predicted octanol–water partition coefficient (Wildman–Crippen LogP) is 3.71. The molecule has 0 atom stereocenters. The molecule has 0 radical (unpaired) electrons. The van der Waals surface area contributed by atoms with E-state index in [1.165, 1.54) is 0 Å². The molecule has 0 saturated heterocycles. The third-order valence-corrected chi connectivity index (χ3v) is 4.15. The van der Waals surface area contributed by atoms with Gasteiger partial charge < -0.3 is 14.6 Å². The van der Waals surface area contributed by atoms with Crippen molar-refractivity contribution in [1.29, 1.82) is 0 Å². The monoisotopic (exact) mass is 310 g/mol. The second-order valence-corrected chi connectivity index (χ2v) is 5.31. The van der Waals surface area contributed by atoms with Crippen LogP contribution in [0.15, 0.2) is 66.9 Å². The molecular formula is C20H22O3. The van der Waals surface area contributed by atoms with Crippen molar-refractivity contribution in [1.82, 2.24) is 0 Å². The fraction of sp³-hybridized carbons (Fsp3) is 0.250. The van der Waals surface area contributed by atoms with Gasteiger partial charge in [-0.25, -0.2) is 0 Å². The lowest BCUT2D eigenvalue weighted by atomic mass is 9.72. The molecule has 0 bridgehead atoms. The van der Waals surface area contributed by atoms with Crippen LogP contribution in [0.25, 0.3) is 0 Å². The second-order valence-electron chi connectivity index (χ2n) is 5.31. The van der Waals surface area contributed by atoms with Crippen LogP contribution in [0.2, 0.25) is 0 Å². The number of hydrogen-bond acceptors (Lipinski definition) is 3. The first-order chi connectivity index (χ1) is 11.2. The third-order valence-electron chi connectivity index (χ3n) is 4.15. The molecule has 0 fully saturated rings. The molecule has 3 nitrogen and oxygen atoms in total. The van der Waals surface area contributed by atoms with Gasteiger partial charge in [-0.1, -0.05) is 30.8 Å². The van der Waals surface area contributed by atoms with Crippen LogP contribution in [0, 0.1) is 0 Å². The molecule has 3 heteroatoms. The first-order valence-corrected chi connectivity index (χ1v) is 7.44. The number of aliphatic hydroxyl groups is 1. The Morgan fingerprint density at radius 2 is 1.39 bits per heavy atom. The first-order valence-electron chi connectivity index (χ1n) is 7.44. The van der Waals surface area contributed by atoms with E-state index in [1.54, 1.807) is 14.2 Å². The summed E-state index contributed by atoms with van der Waals surface area (Å²) in [4.78, 5) is 0. The van der Waals surface area contributed by atoms with Gasteiger partial charge in [-0.05, 0) is 47.9 Å². The fourth-order valence-corrected chi connectivity index (χ4v) is 2.72. The lowest BCUT2D eigenvalue weighted by molar-refractivity contribution is 0.220. The molecule has 0 aliphatic carbocycles. The molecule has 1 N–H and O–H groups in total. The van der Waals surface area contributed by atoms with Gasteiger partial charge in [-0.2, -0.15) is 0 Å². The highest BCUT2D eigenvalue weighted by atomic mass is 16.5. The number of ether oxygens (including phenoxy) is 2. The Bertz CT molecular complexity index is 618. The van der Waals surface area contributed by atoms with Gasteiger partial charge in [0.2, 0.25) is 0 Å². The molecule has 0 spiro atoms. The smallest absolute Gasteiger partial charge is 0.118 e. The van der Waals surface area contributed by atoms with Crippen molar-refractivity contribution in [3.05, 3.63) is 78.0 Å². The molecule has 0 amide bonds. The van der Waals surface area contributed by atoms with Crippen LogP contribution in [0.3, 0.4) is 0 Å². The minimum atomic E-state index is -0.552. The second kappa shape index (κ2) is 7.68. The standard InChI is InChI=1S/C20H22O3/c1-4-5-14-20(15-21,16-6-10-18(22-2)11-7-16)17-8-12-19(23-3)13-9-17/h5-13,21H,1,14-15H2,2-3H3. The summed E-state index contributed by atoms with van der Waals surface area (Å²) < 4.78 is 10.4. The van der Waals surface area contributed by atoms with Crippen LogP contribution in [0.1, 0.15) is 17.5 Å². The lowest BCUT2D eigenvalue weighted by Gasteiger charge is -2.32. The van der Waals surface area contributed by atoms with E-state index in [0.717, 1.165) is 22.6 Å². The van der Waals surface area contributed by atoms with Crippen LogP contribution < -0.4 is 9.47 Å². The van der Waals surface area contributed by atoms with Crippen LogP contribution in [-0.2, 0) is 5.41 Å². The highest BCUT2D eigenvalue weighted by molar-refractivity contribution is 5.44. The Morgan fingerprint density at radius 1 is 0.957 bits per heavy atom. The molecule has 120 valence electrons. The van der Waals surface area contributed by atoms with Crippen molar-refractivity contribution in [3.63, 3.8) is 0 Å². The van der Waals surface area contributed by atoms with Crippen LogP contribution in [-0.4, -0.2) is 25.9 Å². The molecule has 2 rings (SSSR count).